The molecule has 2 aliphatic rings. The lowest BCUT2D eigenvalue weighted by Gasteiger charge is -2.44. The van der Waals surface area contributed by atoms with E-state index in [1.807, 2.05) is 31.4 Å². The number of amides is 1. The first kappa shape index (κ1) is 23.9. The topological polar surface area (TPSA) is 71.0 Å². The van der Waals surface area contributed by atoms with Gasteiger partial charge in [-0.1, -0.05) is 30.3 Å². The van der Waals surface area contributed by atoms with Crippen LogP contribution >= 0.6 is 11.8 Å². The van der Waals surface area contributed by atoms with E-state index in [4.69, 9.17) is 9.47 Å². The maximum Gasteiger partial charge on any atom is 0.230 e. The Bertz CT molecular complexity index is 975. The molecular weight excluding hydrogens is 436 g/mol. The van der Waals surface area contributed by atoms with Crippen LogP contribution in [-0.2, 0) is 21.5 Å². The van der Waals surface area contributed by atoms with Gasteiger partial charge in [-0.05, 0) is 67.9 Å². The number of nitrogens with one attached hydrogen (secondary N) is 1. The Morgan fingerprint density at radius 3 is 2.70 bits per heavy atom. The van der Waals surface area contributed by atoms with Crippen LogP contribution in [0.4, 0.5) is 0 Å². The number of benzene rings is 2. The SMILES string of the molecule is CCOc1cc(CN2CCC3(CC2)c2ccccc2[C@H](NC(=O)CSC)[C@H]3OC)ccc1O. The number of phenolic OH excluding ortho intramolecular Hbond substituents is 1. The molecule has 7 heteroatoms. The number of hydrogen-bond acceptors (Lipinski definition) is 6. The quantitative estimate of drug-likeness (QED) is 0.610. The van der Waals surface area contributed by atoms with Gasteiger partial charge in [-0.3, -0.25) is 9.69 Å². The van der Waals surface area contributed by atoms with E-state index in [9.17, 15) is 9.90 Å². The summed E-state index contributed by atoms with van der Waals surface area (Å²) >= 11 is 1.53. The molecule has 0 saturated carbocycles. The van der Waals surface area contributed by atoms with Crippen LogP contribution in [0.3, 0.4) is 0 Å². The van der Waals surface area contributed by atoms with Gasteiger partial charge < -0.3 is 19.9 Å². The third-order valence-corrected chi connectivity index (χ3v) is 7.55. The van der Waals surface area contributed by atoms with Gasteiger partial charge in [0.05, 0.1) is 24.5 Å². The minimum Gasteiger partial charge on any atom is -0.504 e. The zero-order chi connectivity index (χ0) is 23.4. The van der Waals surface area contributed by atoms with Crippen LogP contribution in [0.15, 0.2) is 42.5 Å². The second kappa shape index (κ2) is 10.4. The Kier molecular flexibility index (Phi) is 7.51. The predicted octanol–water partition coefficient (Wildman–Crippen LogP) is 3.87. The molecule has 178 valence electrons. The third-order valence-electron chi connectivity index (χ3n) is 7.00. The largest absolute Gasteiger partial charge is 0.504 e. The zero-order valence-electron chi connectivity index (χ0n) is 19.7. The number of fused-ring (bicyclic) bond motifs is 2. The number of rotatable bonds is 8. The summed E-state index contributed by atoms with van der Waals surface area (Å²) in [7, 11) is 1.77. The molecule has 2 aromatic rings. The van der Waals surface area contributed by atoms with Crippen molar-refractivity contribution in [1.29, 1.82) is 0 Å². The van der Waals surface area contributed by atoms with Crippen LogP contribution in [0, 0.1) is 0 Å². The summed E-state index contributed by atoms with van der Waals surface area (Å²) in [5.41, 5.74) is 3.52. The Labute approximate surface area is 200 Å². The molecule has 2 atom stereocenters. The van der Waals surface area contributed by atoms with Crippen LogP contribution in [0.2, 0.25) is 0 Å². The van der Waals surface area contributed by atoms with Gasteiger partial charge in [-0.25, -0.2) is 0 Å². The fraction of sp³-hybridized carbons (Fsp3) is 0.500. The number of methoxy groups -OCH3 is 1. The van der Waals surface area contributed by atoms with Crippen molar-refractivity contribution in [2.24, 2.45) is 0 Å². The van der Waals surface area contributed by atoms with E-state index >= 15 is 0 Å². The van der Waals surface area contributed by atoms with Gasteiger partial charge in [0.15, 0.2) is 11.5 Å². The minimum absolute atomic E-state index is 0.0521. The van der Waals surface area contributed by atoms with E-state index in [-0.39, 0.29) is 29.2 Å². The maximum atomic E-state index is 12.5. The van der Waals surface area contributed by atoms with Crippen LogP contribution in [0.25, 0.3) is 0 Å². The summed E-state index contributed by atoms with van der Waals surface area (Å²) in [5, 5.41) is 13.2. The van der Waals surface area contributed by atoms with Gasteiger partial charge in [0, 0.05) is 19.1 Å². The summed E-state index contributed by atoms with van der Waals surface area (Å²) in [6.45, 7) is 5.12. The van der Waals surface area contributed by atoms with Crippen molar-refractivity contribution in [2.45, 2.75) is 43.9 Å². The highest BCUT2D eigenvalue weighted by Crippen LogP contribution is 2.52. The number of phenols is 1. The van der Waals surface area contributed by atoms with Crippen molar-refractivity contribution in [2.75, 3.05) is 38.8 Å². The first-order chi connectivity index (χ1) is 16.0. The highest BCUT2D eigenvalue weighted by Gasteiger charge is 2.53. The highest BCUT2D eigenvalue weighted by atomic mass is 32.2. The Morgan fingerprint density at radius 1 is 1.24 bits per heavy atom. The maximum absolute atomic E-state index is 12.5. The molecule has 0 aromatic heterocycles. The Balaban J connectivity index is 1.51. The van der Waals surface area contributed by atoms with Crippen LogP contribution in [0.5, 0.6) is 11.5 Å². The molecule has 1 aliphatic carbocycles. The van der Waals surface area contributed by atoms with Crippen molar-refractivity contribution in [1.82, 2.24) is 10.2 Å². The van der Waals surface area contributed by atoms with E-state index in [0.717, 1.165) is 38.0 Å². The summed E-state index contributed by atoms with van der Waals surface area (Å²) in [5.74, 6) is 1.22. The molecule has 2 N–H and O–H groups in total. The van der Waals surface area contributed by atoms with Gasteiger partial charge in [0.2, 0.25) is 5.91 Å². The second-order valence-corrected chi connectivity index (χ2v) is 9.76. The highest BCUT2D eigenvalue weighted by molar-refractivity contribution is 7.99. The van der Waals surface area contributed by atoms with Gasteiger partial charge >= 0.3 is 0 Å². The number of thioether (sulfide) groups is 1. The number of carbonyl (C=O) groups is 1. The first-order valence-corrected chi connectivity index (χ1v) is 13.0. The zero-order valence-corrected chi connectivity index (χ0v) is 20.5. The molecule has 0 radical (unpaired) electrons. The van der Waals surface area contributed by atoms with Crippen molar-refractivity contribution >= 4 is 17.7 Å². The fourth-order valence-electron chi connectivity index (χ4n) is 5.57. The molecule has 1 saturated heterocycles. The number of likely N-dealkylation sites (tertiary alicyclic amines) is 1. The predicted molar refractivity (Wildman–Crippen MR) is 132 cm³/mol. The first-order valence-electron chi connectivity index (χ1n) is 11.6. The monoisotopic (exact) mass is 470 g/mol. The molecular formula is C26H34N2O4S. The molecule has 4 rings (SSSR count). The second-order valence-electron chi connectivity index (χ2n) is 8.89. The van der Waals surface area contributed by atoms with Crippen LogP contribution in [-0.4, -0.2) is 60.8 Å². The number of piperidine rings is 1. The van der Waals surface area contributed by atoms with E-state index in [0.29, 0.717) is 18.1 Å². The van der Waals surface area contributed by atoms with Crippen molar-refractivity contribution in [3.8, 4) is 11.5 Å². The lowest BCUT2D eigenvalue weighted by Crippen LogP contribution is -2.50. The lowest BCUT2D eigenvalue weighted by molar-refractivity contribution is -0.121. The van der Waals surface area contributed by atoms with Gasteiger partial charge in [-0.15, -0.1) is 0 Å². The fourth-order valence-corrected chi connectivity index (χ4v) is 5.91. The summed E-state index contributed by atoms with van der Waals surface area (Å²) in [6.07, 6.45) is 3.79. The molecule has 33 heavy (non-hydrogen) atoms. The molecule has 1 aliphatic heterocycles. The lowest BCUT2D eigenvalue weighted by atomic mass is 9.72. The molecule has 1 fully saturated rings. The van der Waals surface area contributed by atoms with Crippen LogP contribution in [0.1, 0.15) is 42.5 Å². The molecule has 6 nitrogen and oxygen atoms in total. The molecule has 0 bridgehead atoms. The number of ether oxygens (including phenoxy) is 2. The average Bonchev–Trinajstić information content (AvgIpc) is 3.06. The molecule has 1 amide bonds. The van der Waals surface area contributed by atoms with E-state index in [2.05, 4.69) is 28.4 Å². The number of carbonyl (C=O) groups excluding carboxylic acids is 1. The van der Waals surface area contributed by atoms with Crippen molar-refractivity contribution in [3.63, 3.8) is 0 Å². The average molecular weight is 471 g/mol. The molecule has 2 aromatic carbocycles. The minimum atomic E-state index is -0.122. The normalized spacial score (nSPS) is 21.7. The smallest absolute Gasteiger partial charge is 0.230 e. The Morgan fingerprint density at radius 2 is 2.00 bits per heavy atom. The molecule has 1 spiro atoms. The van der Waals surface area contributed by atoms with E-state index < -0.39 is 0 Å². The summed E-state index contributed by atoms with van der Waals surface area (Å²) < 4.78 is 11.7. The summed E-state index contributed by atoms with van der Waals surface area (Å²) in [6, 6.07) is 14.0. The number of nitrogens with zero attached hydrogens (tertiary/aromatic N) is 1. The number of aromatic hydroxyl groups is 1. The van der Waals surface area contributed by atoms with Crippen molar-refractivity contribution in [3.05, 3.63) is 59.2 Å². The molecule has 0 unspecified atom stereocenters. The molecule has 1 heterocycles. The Hall–Kier alpha value is -2.22. The standard InChI is InChI=1S/C26H34N2O4S/c1-4-32-22-15-18(9-10-21(22)29)16-28-13-11-26(12-14-28)20-8-6-5-7-19(20)24(25(26)31-2)27-23(30)17-33-3/h5-10,15,24-25,29H,4,11-14,16-17H2,1-3H3,(H,27,30)/t24-,25+/m0/s1. The third kappa shape index (κ3) is 4.72. The van der Waals surface area contributed by atoms with Gasteiger partial charge in [0.1, 0.15) is 0 Å². The van der Waals surface area contributed by atoms with Gasteiger partial charge in [-0.2, -0.15) is 11.8 Å². The number of hydrogen-bond donors (Lipinski definition) is 2. The van der Waals surface area contributed by atoms with E-state index in [1.165, 1.54) is 22.9 Å². The van der Waals surface area contributed by atoms with Crippen LogP contribution < -0.4 is 10.1 Å². The van der Waals surface area contributed by atoms with E-state index in [1.54, 1.807) is 13.2 Å². The van der Waals surface area contributed by atoms with Gasteiger partial charge in [0.25, 0.3) is 0 Å². The van der Waals surface area contributed by atoms with Crippen molar-refractivity contribution < 1.29 is 19.4 Å². The summed E-state index contributed by atoms with van der Waals surface area (Å²) in [4.78, 5) is 14.9.